The van der Waals surface area contributed by atoms with Crippen LogP contribution in [-0.4, -0.2) is 39.7 Å². The average molecular weight is 547 g/mol. The molecule has 1 heterocycles. The molecule has 0 saturated heterocycles. The van der Waals surface area contributed by atoms with E-state index in [2.05, 4.69) is 4.98 Å². The minimum absolute atomic E-state index is 0.0750. The van der Waals surface area contributed by atoms with E-state index in [9.17, 15) is 19.7 Å². The predicted molar refractivity (Wildman–Crippen MR) is 139 cm³/mol. The number of carbonyl (C=O) groups excluding carboxylic acids is 2. The second-order valence-electron chi connectivity index (χ2n) is 10.5. The number of pyridine rings is 1. The van der Waals surface area contributed by atoms with Crippen LogP contribution in [0.15, 0.2) is 36.5 Å². The van der Waals surface area contributed by atoms with Crippen LogP contribution < -0.4 is 4.74 Å². The maximum absolute atomic E-state index is 15.8. The van der Waals surface area contributed by atoms with Crippen LogP contribution in [0.4, 0.5) is 10.1 Å². The molecule has 0 aliphatic heterocycles. The maximum atomic E-state index is 15.8. The van der Waals surface area contributed by atoms with Gasteiger partial charge in [-0.15, -0.1) is 0 Å². The SMILES string of the molecule is CC(C)(C)OC(=O)c1c(CCOc2nccc3ccc(Cl)cc23)cc([N+](=O)[O-])c(C(=O)OC(C)(C)C)c1F. The first-order valence-corrected chi connectivity index (χ1v) is 12.1. The first kappa shape index (κ1) is 28.8. The first-order chi connectivity index (χ1) is 17.6. The number of ether oxygens (including phenoxy) is 3. The lowest BCUT2D eigenvalue weighted by Crippen LogP contribution is -2.28. The molecule has 0 amide bonds. The number of halogens is 2. The number of hydrogen-bond acceptors (Lipinski definition) is 8. The van der Waals surface area contributed by atoms with Crippen LogP contribution in [0.5, 0.6) is 5.88 Å². The van der Waals surface area contributed by atoms with Gasteiger partial charge in [-0.1, -0.05) is 17.7 Å². The molecule has 202 valence electrons. The lowest BCUT2D eigenvalue weighted by Gasteiger charge is -2.22. The monoisotopic (exact) mass is 546 g/mol. The van der Waals surface area contributed by atoms with Crippen LogP contribution in [0.1, 0.15) is 67.8 Å². The summed E-state index contributed by atoms with van der Waals surface area (Å²) in [5.74, 6) is -3.51. The molecule has 3 rings (SSSR count). The third-order valence-corrected chi connectivity index (χ3v) is 5.27. The second-order valence-corrected chi connectivity index (χ2v) is 10.9. The lowest BCUT2D eigenvalue weighted by atomic mass is 9.98. The molecule has 0 fully saturated rings. The van der Waals surface area contributed by atoms with Crippen LogP contribution in [-0.2, 0) is 15.9 Å². The smallest absolute Gasteiger partial charge is 0.348 e. The van der Waals surface area contributed by atoms with Crippen molar-refractivity contribution in [1.82, 2.24) is 4.98 Å². The van der Waals surface area contributed by atoms with Crippen LogP contribution in [0.2, 0.25) is 5.02 Å². The van der Waals surface area contributed by atoms with Gasteiger partial charge in [0.2, 0.25) is 5.88 Å². The summed E-state index contributed by atoms with van der Waals surface area (Å²) in [7, 11) is 0. The highest BCUT2D eigenvalue weighted by molar-refractivity contribution is 6.31. The van der Waals surface area contributed by atoms with E-state index in [1.807, 2.05) is 0 Å². The molecule has 0 aliphatic carbocycles. The number of rotatable bonds is 7. The van der Waals surface area contributed by atoms with E-state index in [1.54, 1.807) is 45.0 Å². The molecule has 38 heavy (non-hydrogen) atoms. The van der Waals surface area contributed by atoms with E-state index in [0.717, 1.165) is 11.5 Å². The minimum atomic E-state index is -1.40. The van der Waals surface area contributed by atoms with E-state index in [1.165, 1.54) is 27.0 Å². The second kappa shape index (κ2) is 10.9. The molecule has 2 aromatic carbocycles. The van der Waals surface area contributed by atoms with Gasteiger partial charge in [0.05, 0.1) is 11.5 Å². The summed E-state index contributed by atoms with van der Waals surface area (Å²) in [6.45, 7) is 9.23. The number of esters is 2. The fourth-order valence-corrected chi connectivity index (χ4v) is 3.76. The maximum Gasteiger partial charge on any atom is 0.348 e. The van der Waals surface area contributed by atoms with Gasteiger partial charge in [0.1, 0.15) is 16.8 Å². The van der Waals surface area contributed by atoms with Gasteiger partial charge in [0.25, 0.3) is 5.69 Å². The van der Waals surface area contributed by atoms with Crippen molar-refractivity contribution in [3.05, 3.63) is 74.2 Å². The Balaban J connectivity index is 2.06. The number of hydrogen-bond donors (Lipinski definition) is 0. The zero-order chi connectivity index (χ0) is 28.4. The summed E-state index contributed by atoms with van der Waals surface area (Å²) in [6, 6.07) is 7.92. The van der Waals surface area contributed by atoms with E-state index in [-0.39, 0.29) is 24.5 Å². The summed E-state index contributed by atoms with van der Waals surface area (Å²) in [4.78, 5) is 40.9. The standard InChI is InChI=1S/C27H28ClFN2O7/c1-26(2,3)37-24(32)20-16(10-12-36-23-18-14-17(28)8-7-15(18)9-11-30-23)13-19(31(34)35)21(22(20)29)25(33)38-27(4,5)6/h7-9,11,13-14H,10,12H2,1-6H3. The molecule has 0 radical (unpaired) electrons. The van der Waals surface area contributed by atoms with E-state index >= 15 is 4.39 Å². The van der Waals surface area contributed by atoms with Gasteiger partial charge in [-0.05, 0) is 70.7 Å². The summed E-state index contributed by atoms with van der Waals surface area (Å²) in [6.07, 6.45) is 1.40. The molecular formula is C27H28ClFN2O7. The quantitative estimate of drug-likeness (QED) is 0.188. The van der Waals surface area contributed by atoms with E-state index < -0.39 is 50.7 Å². The van der Waals surface area contributed by atoms with Gasteiger partial charge in [-0.2, -0.15) is 0 Å². The van der Waals surface area contributed by atoms with Crippen molar-refractivity contribution in [2.24, 2.45) is 0 Å². The number of nitrogens with zero attached hydrogens (tertiary/aromatic N) is 2. The highest BCUT2D eigenvalue weighted by Crippen LogP contribution is 2.32. The van der Waals surface area contributed by atoms with Gasteiger partial charge in [0.15, 0.2) is 11.4 Å². The third-order valence-electron chi connectivity index (χ3n) is 5.03. The molecule has 0 bridgehead atoms. The molecule has 0 atom stereocenters. The topological polar surface area (TPSA) is 118 Å². The fourth-order valence-electron chi connectivity index (χ4n) is 3.59. The molecule has 0 N–H and O–H groups in total. The highest BCUT2D eigenvalue weighted by atomic mass is 35.5. The number of nitro benzene ring substituents is 1. The third kappa shape index (κ3) is 6.95. The number of aromatic nitrogens is 1. The van der Waals surface area contributed by atoms with Gasteiger partial charge in [-0.25, -0.2) is 19.0 Å². The Morgan fingerprint density at radius 1 is 1.00 bits per heavy atom. The lowest BCUT2D eigenvalue weighted by molar-refractivity contribution is -0.385. The van der Waals surface area contributed by atoms with Gasteiger partial charge in [0, 0.05) is 29.1 Å². The zero-order valence-corrected chi connectivity index (χ0v) is 22.6. The Morgan fingerprint density at radius 3 is 2.18 bits per heavy atom. The van der Waals surface area contributed by atoms with Crippen molar-refractivity contribution in [3.63, 3.8) is 0 Å². The fraction of sp³-hybridized carbons (Fsp3) is 0.370. The van der Waals surface area contributed by atoms with Gasteiger partial charge >= 0.3 is 11.9 Å². The molecule has 0 unspecified atom stereocenters. The molecule has 9 nitrogen and oxygen atoms in total. The first-order valence-electron chi connectivity index (χ1n) is 11.7. The van der Waals surface area contributed by atoms with Crippen molar-refractivity contribution in [2.75, 3.05) is 6.61 Å². The van der Waals surface area contributed by atoms with Crippen LogP contribution in [0.3, 0.4) is 0 Å². The molecule has 11 heteroatoms. The highest BCUT2D eigenvalue weighted by Gasteiger charge is 2.36. The molecule has 0 aliphatic rings. The summed E-state index contributed by atoms with van der Waals surface area (Å²) in [5, 5.41) is 13.8. The summed E-state index contributed by atoms with van der Waals surface area (Å²) >= 11 is 6.10. The Morgan fingerprint density at radius 2 is 1.61 bits per heavy atom. The molecule has 1 aromatic heterocycles. The number of fused-ring (bicyclic) bond motifs is 1. The Hall–Kier alpha value is -3.79. The average Bonchev–Trinajstić information content (AvgIpc) is 2.76. The molecule has 0 spiro atoms. The summed E-state index contributed by atoms with van der Waals surface area (Å²) in [5.41, 5.74) is -4.55. The predicted octanol–water partition coefficient (Wildman–Crippen LogP) is 6.47. The van der Waals surface area contributed by atoms with E-state index in [0.29, 0.717) is 10.4 Å². The van der Waals surface area contributed by atoms with Crippen LogP contribution in [0.25, 0.3) is 10.8 Å². The Labute approximate surface area is 224 Å². The number of carbonyl (C=O) groups is 2. The molecule has 3 aromatic rings. The Bertz CT molecular complexity index is 1410. The van der Waals surface area contributed by atoms with Crippen molar-refractivity contribution in [3.8, 4) is 5.88 Å². The zero-order valence-electron chi connectivity index (χ0n) is 21.9. The van der Waals surface area contributed by atoms with Crippen molar-refractivity contribution in [1.29, 1.82) is 0 Å². The van der Waals surface area contributed by atoms with Gasteiger partial charge < -0.3 is 14.2 Å². The minimum Gasteiger partial charge on any atom is -0.477 e. The number of benzene rings is 2. The number of nitro groups is 1. The van der Waals surface area contributed by atoms with Crippen molar-refractivity contribution in [2.45, 2.75) is 59.2 Å². The van der Waals surface area contributed by atoms with Crippen LogP contribution >= 0.6 is 11.6 Å². The van der Waals surface area contributed by atoms with Gasteiger partial charge in [-0.3, -0.25) is 10.1 Å². The van der Waals surface area contributed by atoms with Crippen LogP contribution in [0, 0.1) is 15.9 Å². The Kier molecular flexibility index (Phi) is 8.26. The van der Waals surface area contributed by atoms with Crippen molar-refractivity contribution < 1.29 is 33.1 Å². The molecular weight excluding hydrogens is 519 g/mol. The molecule has 0 saturated carbocycles. The largest absolute Gasteiger partial charge is 0.477 e. The van der Waals surface area contributed by atoms with Crippen molar-refractivity contribution >= 4 is 40.0 Å². The summed E-state index contributed by atoms with van der Waals surface area (Å²) < 4.78 is 32.2. The normalized spacial score (nSPS) is 11.8. The van der Waals surface area contributed by atoms with E-state index in [4.69, 9.17) is 25.8 Å².